The van der Waals surface area contributed by atoms with Gasteiger partial charge < -0.3 is 4.90 Å². The van der Waals surface area contributed by atoms with Crippen LogP contribution in [0.15, 0.2) is 30.5 Å². The predicted molar refractivity (Wildman–Crippen MR) is 108 cm³/mol. The number of thiazole rings is 1. The summed E-state index contributed by atoms with van der Waals surface area (Å²) in [6.07, 6.45) is 4.25. The highest BCUT2D eigenvalue weighted by molar-refractivity contribution is 7.17. The Kier molecular flexibility index (Phi) is 4.44. The van der Waals surface area contributed by atoms with Gasteiger partial charge in [-0.15, -0.1) is 11.3 Å². The van der Waals surface area contributed by atoms with Gasteiger partial charge in [-0.05, 0) is 44.0 Å². The quantitative estimate of drug-likeness (QED) is 0.675. The van der Waals surface area contributed by atoms with Crippen LogP contribution in [0.5, 0.6) is 0 Å². The number of halogens is 1. The lowest BCUT2D eigenvalue weighted by atomic mass is 10.1. The van der Waals surface area contributed by atoms with Crippen LogP contribution in [0.3, 0.4) is 0 Å². The average molecular weight is 399 g/mol. The number of nitrogens with zero attached hydrogens (tertiary/aromatic N) is 4. The molecule has 0 unspecified atom stereocenters. The van der Waals surface area contributed by atoms with E-state index >= 15 is 0 Å². The van der Waals surface area contributed by atoms with Crippen LogP contribution in [0.25, 0.3) is 16.2 Å². The SMILES string of the molecule is Cc1cn2c(CN3CCN(C(=O)C4CC4)CC3)c(-c3ccc(F)cc3)nc2s1. The van der Waals surface area contributed by atoms with Crippen molar-refractivity contribution < 1.29 is 9.18 Å². The van der Waals surface area contributed by atoms with Gasteiger partial charge in [0.05, 0.1) is 11.4 Å². The van der Waals surface area contributed by atoms with E-state index in [4.69, 9.17) is 4.98 Å². The van der Waals surface area contributed by atoms with Crippen LogP contribution in [0.2, 0.25) is 0 Å². The van der Waals surface area contributed by atoms with Gasteiger partial charge in [0, 0.05) is 55.3 Å². The van der Waals surface area contributed by atoms with E-state index in [9.17, 15) is 9.18 Å². The number of aromatic nitrogens is 2. The third-order valence-corrected chi connectivity index (χ3v) is 6.54. The molecule has 28 heavy (non-hydrogen) atoms. The number of hydrogen-bond acceptors (Lipinski definition) is 4. The van der Waals surface area contributed by atoms with Gasteiger partial charge in [0.1, 0.15) is 5.82 Å². The Balaban J connectivity index is 1.39. The summed E-state index contributed by atoms with van der Waals surface area (Å²) in [6.45, 7) is 6.20. The molecular formula is C21H23FN4OS. The van der Waals surface area contributed by atoms with E-state index in [1.54, 1.807) is 23.5 Å². The zero-order valence-corrected chi connectivity index (χ0v) is 16.7. The predicted octanol–water partition coefficient (Wildman–Crippen LogP) is 3.56. The Hall–Kier alpha value is -2.25. The molecule has 3 aromatic rings. The highest BCUT2D eigenvalue weighted by Gasteiger charge is 2.34. The normalized spacial score (nSPS) is 18.1. The first-order chi connectivity index (χ1) is 13.6. The Morgan fingerprint density at radius 2 is 1.89 bits per heavy atom. The van der Waals surface area contributed by atoms with Crippen LogP contribution in [-0.4, -0.2) is 51.3 Å². The van der Waals surface area contributed by atoms with Gasteiger partial charge in [-0.1, -0.05) is 0 Å². The van der Waals surface area contributed by atoms with Gasteiger partial charge in [-0.25, -0.2) is 9.37 Å². The maximum Gasteiger partial charge on any atom is 0.225 e. The Morgan fingerprint density at radius 1 is 1.18 bits per heavy atom. The molecule has 5 nitrogen and oxygen atoms in total. The highest BCUT2D eigenvalue weighted by atomic mass is 32.1. The molecule has 146 valence electrons. The van der Waals surface area contributed by atoms with E-state index in [1.165, 1.54) is 17.0 Å². The second kappa shape index (κ2) is 6.97. The molecular weight excluding hydrogens is 375 g/mol. The van der Waals surface area contributed by atoms with Crippen LogP contribution in [0.1, 0.15) is 23.4 Å². The van der Waals surface area contributed by atoms with E-state index in [0.29, 0.717) is 11.8 Å². The van der Waals surface area contributed by atoms with Crippen molar-refractivity contribution >= 4 is 22.2 Å². The number of fused-ring (bicyclic) bond motifs is 1. The average Bonchev–Trinajstić information content (AvgIpc) is 3.41. The topological polar surface area (TPSA) is 40.9 Å². The molecule has 5 rings (SSSR count). The largest absolute Gasteiger partial charge is 0.340 e. The van der Waals surface area contributed by atoms with Gasteiger partial charge in [0.25, 0.3) is 0 Å². The number of imidazole rings is 1. The summed E-state index contributed by atoms with van der Waals surface area (Å²) in [4.78, 5) is 23.7. The van der Waals surface area contributed by atoms with Crippen molar-refractivity contribution in [3.05, 3.63) is 46.9 Å². The minimum Gasteiger partial charge on any atom is -0.340 e. The first kappa shape index (κ1) is 17.8. The zero-order chi connectivity index (χ0) is 19.3. The summed E-state index contributed by atoms with van der Waals surface area (Å²) >= 11 is 1.67. The Morgan fingerprint density at radius 3 is 2.57 bits per heavy atom. The molecule has 1 saturated carbocycles. The standard InChI is InChI=1S/C21H23FN4OS/c1-14-12-26-18(13-24-8-10-25(11-9-24)20(27)16-2-3-16)19(23-21(26)28-14)15-4-6-17(22)7-5-15/h4-7,12,16H,2-3,8-11,13H2,1H3. The lowest BCUT2D eigenvalue weighted by Gasteiger charge is -2.34. The summed E-state index contributed by atoms with van der Waals surface area (Å²) in [7, 11) is 0. The molecule has 0 spiro atoms. The van der Waals surface area contributed by atoms with E-state index in [2.05, 4.69) is 22.4 Å². The Labute approximate surface area is 167 Å². The number of piperazine rings is 1. The van der Waals surface area contributed by atoms with E-state index < -0.39 is 0 Å². The molecule has 1 amide bonds. The van der Waals surface area contributed by atoms with E-state index in [1.807, 2.05) is 4.90 Å². The number of benzene rings is 1. The van der Waals surface area contributed by atoms with Crippen LogP contribution in [0, 0.1) is 18.7 Å². The second-order valence-electron chi connectivity index (χ2n) is 7.78. The molecule has 2 aromatic heterocycles. The molecule has 2 aliphatic rings. The molecule has 0 radical (unpaired) electrons. The number of carbonyl (C=O) groups excluding carboxylic acids is 1. The fourth-order valence-electron chi connectivity index (χ4n) is 3.92. The van der Waals surface area contributed by atoms with Crippen LogP contribution in [0.4, 0.5) is 4.39 Å². The first-order valence-corrected chi connectivity index (χ1v) is 10.6. The number of carbonyl (C=O) groups is 1. The molecule has 1 aromatic carbocycles. The van der Waals surface area contributed by atoms with Gasteiger partial charge >= 0.3 is 0 Å². The number of rotatable bonds is 4. The lowest BCUT2D eigenvalue weighted by molar-refractivity contribution is -0.134. The second-order valence-corrected chi connectivity index (χ2v) is 9.00. The minimum absolute atomic E-state index is 0.237. The fourth-order valence-corrected chi connectivity index (χ4v) is 4.76. The molecule has 7 heteroatoms. The molecule has 0 bridgehead atoms. The van der Waals surface area contributed by atoms with Crippen molar-refractivity contribution in [2.45, 2.75) is 26.3 Å². The number of hydrogen-bond donors (Lipinski definition) is 0. The van der Waals surface area contributed by atoms with Crippen molar-refractivity contribution in [3.8, 4) is 11.3 Å². The third-order valence-electron chi connectivity index (χ3n) is 5.64. The van der Waals surface area contributed by atoms with Gasteiger partial charge in [0.2, 0.25) is 5.91 Å². The number of amides is 1. The van der Waals surface area contributed by atoms with Crippen LogP contribution in [-0.2, 0) is 11.3 Å². The van der Waals surface area contributed by atoms with Crippen molar-refractivity contribution in [1.82, 2.24) is 19.2 Å². The van der Waals surface area contributed by atoms with Crippen molar-refractivity contribution in [3.63, 3.8) is 0 Å². The molecule has 2 fully saturated rings. The molecule has 0 N–H and O–H groups in total. The highest BCUT2D eigenvalue weighted by Crippen LogP contribution is 2.32. The lowest BCUT2D eigenvalue weighted by Crippen LogP contribution is -2.48. The van der Waals surface area contributed by atoms with Crippen molar-refractivity contribution in [2.24, 2.45) is 5.92 Å². The molecule has 1 saturated heterocycles. The monoisotopic (exact) mass is 398 g/mol. The molecule has 0 atom stereocenters. The summed E-state index contributed by atoms with van der Waals surface area (Å²) in [5.41, 5.74) is 2.99. The summed E-state index contributed by atoms with van der Waals surface area (Å²) in [5, 5.41) is 0. The molecule has 1 aliphatic heterocycles. The van der Waals surface area contributed by atoms with Crippen LogP contribution < -0.4 is 0 Å². The fraction of sp³-hybridized carbons (Fsp3) is 0.429. The molecule has 3 heterocycles. The summed E-state index contributed by atoms with van der Waals surface area (Å²) in [5.74, 6) is 0.394. The van der Waals surface area contributed by atoms with Gasteiger partial charge in [-0.3, -0.25) is 14.1 Å². The third kappa shape index (κ3) is 3.33. The summed E-state index contributed by atoms with van der Waals surface area (Å²) in [6, 6.07) is 6.56. The first-order valence-electron chi connectivity index (χ1n) is 9.83. The number of aryl methyl sites for hydroxylation is 1. The van der Waals surface area contributed by atoms with E-state index in [0.717, 1.165) is 67.5 Å². The van der Waals surface area contributed by atoms with Gasteiger partial charge in [0.15, 0.2) is 4.96 Å². The Bertz CT molecular complexity index is 1010. The van der Waals surface area contributed by atoms with Gasteiger partial charge in [-0.2, -0.15) is 0 Å². The summed E-state index contributed by atoms with van der Waals surface area (Å²) < 4.78 is 15.5. The van der Waals surface area contributed by atoms with Crippen LogP contribution >= 0.6 is 11.3 Å². The molecule has 1 aliphatic carbocycles. The minimum atomic E-state index is -0.237. The smallest absolute Gasteiger partial charge is 0.225 e. The maximum absolute atomic E-state index is 13.4. The maximum atomic E-state index is 13.4. The van der Waals surface area contributed by atoms with Crippen molar-refractivity contribution in [1.29, 1.82) is 0 Å². The zero-order valence-electron chi connectivity index (χ0n) is 15.9. The van der Waals surface area contributed by atoms with E-state index in [-0.39, 0.29) is 5.82 Å². The van der Waals surface area contributed by atoms with Crippen molar-refractivity contribution in [2.75, 3.05) is 26.2 Å².